The zero-order valence-electron chi connectivity index (χ0n) is 7.35. The summed E-state index contributed by atoms with van der Waals surface area (Å²) in [7, 11) is 0. The Bertz CT molecular complexity index is 467. The predicted octanol–water partition coefficient (Wildman–Crippen LogP) is 1.68. The smallest absolute Gasteiger partial charge is 0.327 e. The van der Waals surface area contributed by atoms with E-state index in [-0.39, 0.29) is 11.3 Å². The van der Waals surface area contributed by atoms with Gasteiger partial charge in [0.15, 0.2) is 0 Å². The van der Waals surface area contributed by atoms with E-state index >= 15 is 0 Å². The number of halogens is 3. The van der Waals surface area contributed by atoms with E-state index in [1.54, 1.807) is 0 Å². The molecule has 6 heteroatoms. The van der Waals surface area contributed by atoms with E-state index < -0.39 is 17.3 Å². The molecule has 80 valence electrons. The maximum absolute atomic E-state index is 12.2. The number of aromatic amines is 1. The zero-order chi connectivity index (χ0) is 11.5. The summed E-state index contributed by atoms with van der Waals surface area (Å²) >= 11 is 3.76. The lowest BCUT2D eigenvalue weighted by molar-refractivity contribution is -0.137. The van der Waals surface area contributed by atoms with Crippen molar-refractivity contribution < 1.29 is 13.2 Å². The third kappa shape index (κ3) is 3.06. The highest BCUT2D eigenvalue weighted by atomic mass is 32.1. The molecule has 0 unspecified atom stereocenters. The summed E-state index contributed by atoms with van der Waals surface area (Å²) in [4.78, 5) is 13.0. The van der Waals surface area contributed by atoms with Gasteiger partial charge >= 0.3 is 6.18 Å². The Morgan fingerprint density at radius 2 is 2.13 bits per heavy atom. The van der Waals surface area contributed by atoms with Crippen molar-refractivity contribution in [2.24, 2.45) is 0 Å². The van der Waals surface area contributed by atoms with Crippen molar-refractivity contribution in [2.45, 2.75) is 6.18 Å². The fraction of sp³-hybridized carbons (Fsp3) is 0.222. The van der Waals surface area contributed by atoms with E-state index in [4.69, 9.17) is 0 Å². The number of rotatable bonds is 0. The van der Waals surface area contributed by atoms with Crippen molar-refractivity contribution in [2.75, 3.05) is 5.75 Å². The molecule has 0 spiro atoms. The van der Waals surface area contributed by atoms with Crippen molar-refractivity contribution in [1.82, 2.24) is 4.98 Å². The Morgan fingerprint density at radius 3 is 2.67 bits per heavy atom. The highest BCUT2D eigenvalue weighted by molar-refractivity contribution is 7.80. The second-order valence-corrected chi connectivity index (χ2v) is 2.91. The van der Waals surface area contributed by atoms with Gasteiger partial charge < -0.3 is 4.98 Å². The van der Waals surface area contributed by atoms with Gasteiger partial charge in [0.2, 0.25) is 0 Å². The second-order valence-electron chi connectivity index (χ2n) is 2.59. The summed E-state index contributed by atoms with van der Waals surface area (Å²) in [5.74, 6) is 4.89. The van der Waals surface area contributed by atoms with E-state index in [9.17, 15) is 18.0 Å². The van der Waals surface area contributed by atoms with Crippen LogP contribution in [0.5, 0.6) is 0 Å². The van der Waals surface area contributed by atoms with Crippen LogP contribution in [0.2, 0.25) is 0 Å². The lowest BCUT2D eigenvalue weighted by Gasteiger charge is -2.05. The summed E-state index contributed by atoms with van der Waals surface area (Å²) in [5.41, 5.74) is -1.78. The van der Waals surface area contributed by atoms with Gasteiger partial charge in [0, 0.05) is 6.20 Å². The molecule has 0 saturated carbocycles. The topological polar surface area (TPSA) is 32.9 Å². The molecule has 0 amide bonds. The van der Waals surface area contributed by atoms with Crippen LogP contribution in [0, 0.1) is 11.8 Å². The number of nitrogens with one attached hydrogen (secondary N) is 1. The van der Waals surface area contributed by atoms with E-state index in [2.05, 4.69) is 24.5 Å². The Morgan fingerprint density at radius 1 is 1.47 bits per heavy atom. The number of pyridine rings is 1. The molecule has 15 heavy (non-hydrogen) atoms. The highest BCUT2D eigenvalue weighted by Crippen LogP contribution is 2.28. The molecule has 0 aliphatic rings. The minimum Gasteiger partial charge on any atom is -0.327 e. The van der Waals surface area contributed by atoms with Crippen LogP contribution in [0.25, 0.3) is 0 Å². The molecule has 1 aromatic heterocycles. The zero-order valence-corrected chi connectivity index (χ0v) is 8.25. The lowest BCUT2D eigenvalue weighted by Crippen LogP contribution is -2.14. The molecule has 0 atom stereocenters. The van der Waals surface area contributed by atoms with Crippen LogP contribution in [0.4, 0.5) is 13.2 Å². The minimum atomic E-state index is -4.48. The molecule has 0 saturated heterocycles. The van der Waals surface area contributed by atoms with Crippen molar-refractivity contribution in [3.63, 3.8) is 0 Å². The maximum atomic E-state index is 12.2. The average molecular weight is 233 g/mol. The van der Waals surface area contributed by atoms with Gasteiger partial charge in [-0.15, -0.1) is 0 Å². The number of hydrogen-bond acceptors (Lipinski definition) is 2. The minimum absolute atomic E-state index is 0.176. The van der Waals surface area contributed by atoms with Crippen LogP contribution in [0.3, 0.4) is 0 Å². The quantitative estimate of drug-likeness (QED) is 0.518. The third-order valence-electron chi connectivity index (χ3n) is 1.53. The first-order valence-electron chi connectivity index (χ1n) is 3.85. The largest absolute Gasteiger partial charge is 0.417 e. The molecule has 0 aliphatic carbocycles. The standard InChI is InChI=1S/C9H6F3NOS/c10-9(11,12)7-4-6(2-1-3-15)8(14)13-5-7/h4-5,15H,3H2,(H,13,14). The number of H-pyrrole nitrogens is 1. The normalized spacial score (nSPS) is 10.7. The molecule has 1 heterocycles. The third-order valence-corrected chi connectivity index (χ3v) is 1.69. The van der Waals surface area contributed by atoms with Gasteiger partial charge in [0.05, 0.1) is 16.9 Å². The number of alkyl halides is 3. The summed E-state index contributed by atoms with van der Waals surface area (Å²) in [6, 6.07) is 0.718. The molecule has 0 fully saturated rings. The summed E-state index contributed by atoms with van der Waals surface area (Å²) in [6.45, 7) is 0. The van der Waals surface area contributed by atoms with Gasteiger partial charge in [-0.25, -0.2) is 0 Å². The molecule has 1 aromatic rings. The molecular formula is C9H6F3NOS. The first-order chi connectivity index (χ1) is 6.95. The molecule has 0 aliphatic heterocycles. The maximum Gasteiger partial charge on any atom is 0.417 e. The molecule has 0 bridgehead atoms. The summed E-state index contributed by atoms with van der Waals surface area (Å²) < 4.78 is 36.7. The van der Waals surface area contributed by atoms with E-state index in [1.165, 1.54) is 0 Å². The van der Waals surface area contributed by atoms with Gasteiger partial charge in [0.25, 0.3) is 5.56 Å². The lowest BCUT2D eigenvalue weighted by atomic mass is 10.2. The SMILES string of the molecule is O=c1[nH]cc(C(F)(F)F)cc1C#CCS. The van der Waals surface area contributed by atoms with Gasteiger partial charge in [-0.2, -0.15) is 25.8 Å². The molecule has 2 nitrogen and oxygen atoms in total. The molecular weight excluding hydrogens is 227 g/mol. The average Bonchev–Trinajstić information content (AvgIpc) is 2.15. The number of thiol groups is 1. The Hall–Kier alpha value is -1.35. The molecule has 0 aromatic carbocycles. The van der Waals surface area contributed by atoms with Crippen LogP contribution in [0.1, 0.15) is 11.1 Å². The predicted molar refractivity (Wildman–Crippen MR) is 52.8 cm³/mol. The highest BCUT2D eigenvalue weighted by Gasteiger charge is 2.31. The molecule has 0 radical (unpaired) electrons. The van der Waals surface area contributed by atoms with Crippen molar-refractivity contribution in [3.8, 4) is 11.8 Å². The van der Waals surface area contributed by atoms with Crippen LogP contribution >= 0.6 is 12.6 Å². The fourth-order valence-electron chi connectivity index (χ4n) is 0.875. The summed E-state index contributed by atoms with van der Waals surface area (Å²) in [6.07, 6.45) is -3.87. The van der Waals surface area contributed by atoms with E-state index in [0.717, 1.165) is 6.07 Å². The van der Waals surface area contributed by atoms with E-state index in [0.29, 0.717) is 6.20 Å². The Labute approximate surface area is 88.9 Å². The molecule has 1 rings (SSSR count). The van der Waals surface area contributed by atoms with Gasteiger partial charge in [0.1, 0.15) is 0 Å². The van der Waals surface area contributed by atoms with Crippen molar-refractivity contribution in [1.29, 1.82) is 0 Å². The number of hydrogen-bond donors (Lipinski definition) is 2. The van der Waals surface area contributed by atoms with Crippen LogP contribution in [-0.4, -0.2) is 10.7 Å². The van der Waals surface area contributed by atoms with Crippen molar-refractivity contribution in [3.05, 3.63) is 33.7 Å². The van der Waals surface area contributed by atoms with Crippen LogP contribution in [0.15, 0.2) is 17.1 Å². The Balaban J connectivity index is 3.23. The first-order valence-corrected chi connectivity index (χ1v) is 4.48. The van der Waals surface area contributed by atoms with Gasteiger partial charge in [-0.1, -0.05) is 11.8 Å². The Kier molecular flexibility index (Phi) is 3.48. The monoisotopic (exact) mass is 233 g/mol. The molecule has 1 N–H and O–H groups in total. The van der Waals surface area contributed by atoms with Crippen LogP contribution in [-0.2, 0) is 6.18 Å². The first kappa shape index (κ1) is 11.7. The fourth-order valence-corrected chi connectivity index (χ4v) is 0.954. The van der Waals surface area contributed by atoms with Crippen LogP contribution < -0.4 is 5.56 Å². The van der Waals surface area contributed by atoms with Crippen molar-refractivity contribution >= 4 is 12.6 Å². The second kappa shape index (κ2) is 4.45. The number of aromatic nitrogens is 1. The summed E-state index contributed by atoms with van der Waals surface area (Å²) in [5, 5.41) is 0. The van der Waals surface area contributed by atoms with E-state index in [1.807, 2.05) is 4.98 Å². The van der Waals surface area contributed by atoms with Gasteiger partial charge in [-0.3, -0.25) is 4.79 Å². The van der Waals surface area contributed by atoms with Gasteiger partial charge in [-0.05, 0) is 6.07 Å².